The summed E-state index contributed by atoms with van der Waals surface area (Å²) < 4.78 is 10.7. The smallest absolute Gasteiger partial charge is 0.410 e. The highest BCUT2D eigenvalue weighted by molar-refractivity contribution is 5.68. The van der Waals surface area contributed by atoms with E-state index in [1.54, 1.807) is 4.90 Å². The number of aryl methyl sites for hydroxylation is 1. The first-order valence-corrected chi connectivity index (χ1v) is 6.97. The number of anilines is 1. The Hall–Kier alpha value is -1.72. The fraction of sp³-hybridized carbons (Fsp3) is 0.714. The summed E-state index contributed by atoms with van der Waals surface area (Å²) in [5.41, 5.74) is 6.79. The fourth-order valence-electron chi connectivity index (χ4n) is 2.37. The van der Waals surface area contributed by atoms with E-state index in [0.29, 0.717) is 30.2 Å². The Kier molecular flexibility index (Phi) is 3.92. The van der Waals surface area contributed by atoms with Crippen LogP contribution in [0.3, 0.4) is 0 Å². The predicted molar refractivity (Wildman–Crippen MR) is 75.4 cm³/mol. The van der Waals surface area contributed by atoms with Crippen molar-refractivity contribution in [2.45, 2.75) is 52.1 Å². The van der Waals surface area contributed by atoms with Crippen molar-refractivity contribution in [2.75, 3.05) is 18.8 Å². The summed E-state index contributed by atoms with van der Waals surface area (Å²) in [5.74, 6) is 0.785. The minimum atomic E-state index is -0.480. The molecule has 0 saturated carbocycles. The zero-order chi connectivity index (χ0) is 14.9. The Morgan fingerprint density at radius 1 is 1.50 bits per heavy atom. The van der Waals surface area contributed by atoms with Gasteiger partial charge in [-0.1, -0.05) is 5.16 Å². The molecule has 1 amide bonds. The molecule has 1 aromatic rings. The summed E-state index contributed by atoms with van der Waals surface area (Å²) >= 11 is 0. The van der Waals surface area contributed by atoms with Crippen LogP contribution in [0, 0.1) is 6.92 Å². The van der Waals surface area contributed by atoms with E-state index >= 15 is 0 Å². The van der Waals surface area contributed by atoms with E-state index in [0.717, 1.165) is 12.8 Å². The monoisotopic (exact) mass is 281 g/mol. The van der Waals surface area contributed by atoms with Gasteiger partial charge in [0.2, 0.25) is 0 Å². The molecule has 1 aliphatic rings. The van der Waals surface area contributed by atoms with Gasteiger partial charge >= 0.3 is 6.09 Å². The molecule has 6 nitrogen and oxygen atoms in total. The number of carbonyl (C=O) groups excluding carboxylic acids is 1. The number of nitrogen functional groups attached to an aromatic ring is 1. The molecule has 2 rings (SSSR count). The van der Waals surface area contributed by atoms with Gasteiger partial charge in [-0.2, -0.15) is 0 Å². The number of nitrogens with two attached hydrogens (primary N) is 1. The minimum Gasteiger partial charge on any atom is -0.444 e. The average molecular weight is 281 g/mol. The molecule has 0 aliphatic carbocycles. The molecule has 0 radical (unpaired) electrons. The van der Waals surface area contributed by atoms with Crippen molar-refractivity contribution in [3.8, 4) is 0 Å². The summed E-state index contributed by atoms with van der Waals surface area (Å²) in [6.45, 7) is 8.68. The summed E-state index contributed by atoms with van der Waals surface area (Å²) in [5, 5.41) is 3.89. The van der Waals surface area contributed by atoms with E-state index < -0.39 is 5.60 Å². The van der Waals surface area contributed by atoms with Gasteiger partial charge in [-0.15, -0.1) is 0 Å². The maximum atomic E-state index is 12.1. The molecule has 0 spiro atoms. The van der Waals surface area contributed by atoms with E-state index in [2.05, 4.69) is 5.16 Å². The van der Waals surface area contributed by atoms with Crippen molar-refractivity contribution in [3.05, 3.63) is 11.5 Å². The second-order valence-corrected chi connectivity index (χ2v) is 6.31. The first kappa shape index (κ1) is 14.7. The first-order chi connectivity index (χ1) is 9.28. The molecule has 20 heavy (non-hydrogen) atoms. The number of hydrogen-bond acceptors (Lipinski definition) is 5. The summed E-state index contributed by atoms with van der Waals surface area (Å²) in [4.78, 5) is 13.8. The predicted octanol–water partition coefficient (Wildman–Crippen LogP) is 2.68. The lowest BCUT2D eigenvalue weighted by molar-refractivity contribution is 0.0191. The van der Waals surface area contributed by atoms with Gasteiger partial charge < -0.3 is 19.9 Å². The van der Waals surface area contributed by atoms with Gasteiger partial charge in [-0.05, 0) is 40.5 Å². The van der Waals surface area contributed by atoms with E-state index in [4.69, 9.17) is 15.0 Å². The van der Waals surface area contributed by atoms with Gasteiger partial charge in [0.15, 0.2) is 5.76 Å². The molecule has 1 aliphatic heterocycles. The molecule has 1 unspecified atom stereocenters. The second kappa shape index (κ2) is 5.34. The zero-order valence-corrected chi connectivity index (χ0v) is 12.6. The van der Waals surface area contributed by atoms with Gasteiger partial charge in [0.1, 0.15) is 11.3 Å². The molecule has 112 valence electrons. The van der Waals surface area contributed by atoms with Gasteiger partial charge in [0.25, 0.3) is 0 Å². The molecular weight excluding hydrogens is 258 g/mol. The average Bonchev–Trinajstić information content (AvgIpc) is 2.68. The van der Waals surface area contributed by atoms with Crippen molar-refractivity contribution < 1.29 is 14.1 Å². The molecule has 1 aromatic heterocycles. The number of likely N-dealkylation sites (tertiary alicyclic amines) is 1. The first-order valence-electron chi connectivity index (χ1n) is 6.97. The number of rotatable bonds is 1. The molecule has 6 heteroatoms. The van der Waals surface area contributed by atoms with Gasteiger partial charge in [0.05, 0.1) is 5.69 Å². The van der Waals surface area contributed by atoms with Gasteiger partial charge in [0, 0.05) is 19.0 Å². The largest absolute Gasteiger partial charge is 0.444 e. The number of nitrogens with zero attached hydrogens (tertiary/aromatic N) is 2. The lowest BCUT2D eigenvalue weighted by Crippen LogP contribution is -2.42. The van der Waals surface area contributed by atoms with Crippen LogP contribution < -0.4 is 5.73 Å². The van der Waals surface area contributed by atoms with Crippen LogP contribution in [-0.2, 0) is 4.74 Å². The van der Waals surface area contributed by atoms with Gasteiger partial charge in [-0.25, -0.2) is 4.79 Å². The molecule has 1 atom stereocenters. The molecule has 0 bridgehead atoms. The third-order valence-corrected chi connectivity index (χ3v) is 3.38. The Morgan fingerprint density at radius 3 is 2.75 bits per heavy atom. The van der Waals surface area contributed by atoms with Crippen molar-refractivity contribution in [2.24, 2.45) is 0 Å². The number of aromatic nitrogens is 1. The maximum absolute atomic E-state index is 12.1. The van der Waals surface area contributed by atoms with Crippen molar-refractivity contribution in [1.82, 2.24) is 10.1 Å². The van der Waals surface area contributed by atoms with E-state index in [1.807, 2.05) is 27.7 Å². The molecule has 1 saturated heterocycles. The zero-order valence-electron chi connectivity index (χ0n) is 12.6. The summed E-state index contributed by atoms with van der Waals surface area (Å²) in [7, 11) is 0. The SMILES string of the molecule is Cc1noc(C2CCCN(C(=O)OC(C)(C)C)C2)c1N. The van der Waals surface area contributed by atoms with E-state index in [-0.39, 0.29) is 12.0 Å². The molecule has 2 heterocycles. The number of ether oxygens (including phenoxy) is 1. The Balaban J connectivity index is 2.05. The number of hydrogen-bond donors (Lipinski definition) is 1. The minimum absolute atomic E-state index is 0.0949. The Morgan fingerprint density at radius 2 is 2.20 bits per heavy atom. The van der Waals surface area contributed by atoms with E-state index in [1.165, 1.54) is 0 Å². The van der Waals surface area contributed by atoms with Crippen LogP contribution in [0.15, 0.2) is 4.52 Å². The van der Waals surface area contributed by atoms with Gasteiger partial charge in [-0.3, -0.25) is 0 Å². The Bertz CT molecular complexity index is 490. The molecule has 0 aromatic carbocycles. The van der Waals surface area contributed by atoms with Crippen molar-refractivity contribution in [1.29, 1.82) is 0 Å². The lowest BCUT2D eigenvalue weighted by Gasteiger charge is -2.33. The molecular formula is C14H23N3O3. The van der Waals surface area contributed by atoms with E-state index in [9.17, 15) is 4.79 Å². The fourth-order valence-corrected chi connectivity index (χ4v) is 2.37. The quantitative estimate of drug-likeness (QED) is 0.855. The second-order valence-electron chi connectivity index (χ2n) is 6.31. The summed E-state index contributed by atoms with van der Waals surface area (Å²) in [6, 6.07) is 0. The molecule has 1 fully saturated rings. The highest BCUT2D eigenvalue weighted by atomic mass is 16.6. The van der Waals surface area contributed by atoms with Crippen LogP contribution >= 0.6 is 0 Å². The van der Waals surface area contributed by atoms with Crippen LogP contribution in [0.25, 0.3) is 0 Å². The highest BCUT2D eigenvalue weighted by Gasteiger charge is 2.31. The van der Waals surface area contributed by atoms with Crippen LogP contribution in [0.4, 0.5) is 10.5 Å². The topological polar surface area (TPSA) is 81.6 Å². The molecule has 2 N–H and O–H groups in total. The standard InChI is InChI=1S/C14H23N3O3/c1-9-11(15)12(20-16-9)10-6-5-7-17(8-10)13(18)19-14(2,3)4/h10H,5-8,15H2,1-4H3. The van der Waals surface area contributed by atoms with Crippen LogP contribution in [0.2, 0.25) is 0 Å². The van der Waals surface area contributed by atoms with Crippen molar-refractivity contribution >= 4 is 11.8 Å². The highest BCUT2D eigenvalue weighted by Crippen LogP contribution is 2.32. The number of carbonyl (C=O) groups is 1. The number of piperidine rings is 1. The lowest BCUT2D eigenvalue weighted by atomic mass is 9.94. The van der Waals surface area contributed by atoms with Crippen LogP contribution in [-0.4, -0.2) is 34.8 Å². The van der Waals surface area contributed by atoms with Crippen LogP contribution in [0.5, 0.6) is 0 Å². The van der Waals surface area contributed by atoms with Crippen molar-refractivity contribution in [3.63, 3.8) is 0 Å². The normalized spacial score (nSPS) is 20.0. The number of amides is 1. The third kappa shape index (κ3) is 3.23. The van der Waals surface area contributed by atoms with Crippen LogP contribution in [0.1, 0.15) is 51.0 Å². The Labute approximate surface area is 119 Å². The maximum Gasteiger partial charge on any atom is 0.410 e. The third-order valence-electron chi connectivity index (χ3n) is 3.38. The summed E-state index contributed by atoms with van der Waals surface area (Å²) in [6.07, 6.45) is 1.57.